The van der Waals surface area contributed by atoms with Crippen LogP contribution in [0.2, 0.25) is 0 Å². The van der Waals surface area contributed by atoms with E-state index < -0.39 is 0 Å². The minimum absolute atomic E-state index is 0.874. The summed E-state index contributed by atoms with van der Waals surface area (Å²) in [6, 6.07) is 22.9. The predicted octanol–water partition coefficient (Wildman–Crippen LogP) is 2.30. The first-order valence-corrected chi connectivity index (χ1v) is 6.42. The highest BCUT2D eigenvalue weighted by Crippen LogP contribution is 1.99. The molecule has 2 heterocycles. The van der Waals surface area contributed by atoms with Crippen molar-refractivity contribution in [2.75, 3.05) is 0 Å². The van der Waals surface area contributed by atoms with Crippen LogP contribution in [0.3, 0.4) is 0 Å². The molecule has 2 aromatic heterocycles. The number of hydrogen-bond donors (Lipinski definition) is 0. The molecule has 0 unspecified atom stereocenters. The maximum absolute atomic E-state index is 2.25. The Morgan fingerprint density at radius 2 is 1.26 bits per heavy atom. The Labute approximate surface area is 113 Å². The Hall–Kier alpha value is -2.48. The van der Waals surface area contributed by atoms with Crippen LogP contribution in [0.15, 0.2) is 85.3 Å². The van der Waals surface area contributed by atoms with E-state index in [4.69, 9.17) is 0 Å². The largest absolute Gasteiger partial charge is 0.449 e. The lowest BCUT2D eigenvalue weighted by atomic mass is 10.2. The van der Waals surface area contributed by atoms with Crippen LogP contribution in [0.5, 0.6) is 0 Å². The molecule has 0 fully saturated rings. The third kappa shape index (κ3) is 2.68. The molecule has 3 aromatic rings. The molecule has 3 rings (SSSR count). The third-order valence-electron chi connectivity index (χ3n) is 3.09. The van der Waals surface area contributed by atoms with Gasteiger partial charge in [-0.1, -0.05) is 36.4 Å². The van der Waals surface area contributed by atoms with Crippen LogP contribution in [0.1, 0.15) is 5.56 Å². The van der Waals surface area contributed by atoms with Crippen LogP contribution in [-0.2, 0) is 6.54 Å². The van der Waals surface area contributed by atoms with Crippen LogP contribution in [-0.4, -0.2) is 0 Å². The van der Waals surface area contributed by atoms with Crippen molar-refractivity contribution in [3.05, 3.63) is 90.9 Å². The van der Waals surface area contributed by atoms with Crippen molar-refractivity contribution in [2.45, 2.75) is 6.54 Å². The van der Waals surface area contributed by atoms with E-state index in [0.717, 1.165) is 12.4 Å². The van der Waals surface area contributed by atoms with Gasteiger partial charge in [0.1, 0.15) is 0 Å². The lowest BCUT2D eigenvalue weighted by Crippen LogP contribution is -2.48. The molecule has 0 aliphatic carbocycles. The summed E-state index contributed by atoms with van der Waals surface area (Å²) in [5, 5.41) is 0. The Morgan fingerprint density at radius 1 is 0.632 bits per heavy atom. The fourth-order valence-electron chi connectivity index (χ4n) is 2.17. The first-order chi connectivity index (χ1) is 9.43. The van der Waals surface area contributed by atoms with Crippen molar-refractivity contribution in [1.29, 1.82) is 0 Å². The molecular weight excluding hydrogens is 232 g/mol. The average molecular weight is 248 g/mol. The highest BCUT2D eigenvalue weighted by atomic mass is 15.1. The first-order valence-electron chi connectivity index (χ1n) is 6.42. The molecule has 0 N–H and O–H groups in total. The van der Waals surface area contributed by atoms with E-state index in [1.54, 1.807) is 0 Å². The molecule has 0 atom stereocenters. The molecule has 19 heavy (non-hydrogen) atoms. The van der Waals surface area contributed by atoms with Gasteiger partial charge in [-0.3, -0.25) is 0 Å². The number of aromatic nitrogens is 2. The van der Waals surface area contributed by atoms with E-state index >= 15 is 0 Å². The monoisotopic (exact) mass is 248 g/mol. The normalized spacial score (nSPS) is 10.3. The maximum Gasteiger partial charge on any atom is 0.449 e. The van der Waals surface area contributed by atoms with Gasteiger partial charge in [-0.25, -0.2) is 0 Å². The van der Waals surface area contributed by atoms with Crippen molar-refractivity contribution in [2.24, 2.45) is 0 Å². The van der Waals surface area contributed by atoms with Gasteiger partial charge in [-0.2, -0.15) is 0 Å². The Balaban J connectivity index is 1.99. The lowest BCUT2D eigenvalue weighted by Gasteiger charge is -1.99. The number of benzene rings is 1. The minimum Gasteiger partial charge on any atom is -0.138 e. The fraction of sp³-hybridized carbons (Fsp3) is 0.0588. The van der Waals surface area contributed by atoms with Gasteiger partial charge in [0.05, 0.1) is 6.07 Å². The van der Waals surface area contributed by atoms with Gasteiger partial charge in [0.2, 0.25) is 0 Å². The molecule has 0 aliphatic rings. The summed E-state index contributed by atoms with van der Waals surface area (Å²) in [5.74, 6) is 1.16. The van der Waals surface area contributed by atoms with Gasteiger partial charge in [0.25, 0.3) is 0 Å². The number of nitrogens with zero attached hydrogens (tertiary/aromatic N) is 2. The first kappa shape index (κ1) is 11.6. The molecule has 0 radical (unpaired) electrons. The SMILES string of the molecule is c1ccc(C[n+]2ccccc2-[n+]2ccccc2)cc1. The maximum atomic E-state index is 2.25. The summed E-state index contributed by atoms with van der Waals surface area (Å²) >= 11 is 0. The zero-order valence-corrected chi connectivity index (χ0v) is 10.7. The van der Waals surface area contributed by atoms with E-state index in [-0.39, 0.29) is 0 Å². The van der Waals surface area contributed by atoms with Gasteiger partial charge in [-0.05, 0) is 6.07 Å². The molecule has 0 saturated carbocycles. The topological polar surface area (TPSA) is 7.76 Å². The van der Waals surface area contributed by atoms with E-state index in [0.29, 0.717) is 0 Å². The Bertz CT molecular complexity index is 648. The second-order valence-electron chi connectivity index (χ2n) is 4.46. The molecule has 2 heteroatoms. The van der Waals surface area contributed by atoms with Crippen LogP contribution in [0, 0.1) is 0 Å². The van der Waals surface area contributed by atoms with Crippen LogP contribution < -0.4 is 9.13 Å². The molecule has 92 valence electrons. The Kier molecular flexibility index (Phi) is 3.32. The lowest BCUT2D eigenvalue weighted by molar-refractivity contribution is -0.787. The van der Waals surface area contributed by atoms with Crippen molar-refractivity contribution < 1.29 is 9.13 Å². The summed E-state index contributed by atoms with van der Waals surface area (Å²) in [5.41, 5.74) is 1.30. The highest BCUT2D eigenvalue weighted by Gasteiger charge is 2.18. The average Bonchev–Trinajstić information content (AvgIpc) is 2.50. The molecule has 2 nitrogen and oxygen atoms in total. The molecule has 0 spiro atoms. The van der Waals surface area contributed by atoms with Crippen LogP contribution in [0.25, 0.3) is 5.82 Å². The summed E-state index contributed by atoms with van der Waals surface area (Å²) in [7, 11) is 0. The predicted molar refractivity (Wildman–Crippen MR) is 73.7 cm³/mol. The number of pyridine rings is 2. The summed E-state index contributed by atoms with van der Waals surface area (Å²) < 4.78 is 4.37. The summed E-state index contributed by atoms with van der Waals surface area (Å²) in [6.45, 7) is 0.874. The standard InChI is InChI=1S/C17H16N2/c1-3-9-16(10-4-1)15-19-14-8-5-11-17(19)18-12-6-2-7-13-18/h1-14H,15H2/q+2. The quantitative estimate of drug-likeness (QED) is 0.628. The second kappa shape index (κ2) is 5.44. The fourth-order valence-corrected chi connectivity index (χ4v) is 2.17. The van der Waals surface area contributed by atoms with Crippen LogP contribution >= 0.6 is 0 Å². The van der Waals surface area contributed by atoms with Gasteiger partial charge in [0, 0.05) is 23.8 Å². The van der Waals surface area contributed by atoms with E-state index in [1.807, 2.05) is 24.3 Å². The molecule has 0 aliphatic heterocycles. The van der Waals surface area contributed by atoms with Crippen LogP contribution in [0.4, 0.5) is 0 Å². The third-order valence-corrected chi connectivity index (χ3v) is 3.09. The van der Waals surface area contributed by atoms with Gasteiger partial charge in [-0.15, -0.1) is 9.13 Å². The molecule has 0 amide bonds. The van der Waals surface area contributed by atoms with E-state index in [9.17, 15) is 0 Å². The van der Waals surface area contributed by atoms with Gasteiger partial charge in [0.15, 0.2) is 25.1 Å². The summed E-state index contributed by atoms with van der Waals surface area (Å²) in [4.78, 5) is 0. The van der Waals surface area contributed by atoms with E-state index in [2.05, 4.69) is 70.2 Å². The van der Waals surface area contributed by atoms with Crippen molar-refractivity contribution in [3.8, 4) is 5.82 Å². The molecule has 1 aromatic carbocycles. The smallest absolute Gasteiger partial charge is 0.138 e. The van der Waals surface area contributed by atoms with Gasteiger partial charge < -0.3 is 0 Å². The number of hydrogen-bond acceptors (Lipinski definition) is 0. The zero-order chi connectivity index (χ0) is 12.9. The summed E-state index contributed by atoms with van der Waals surface area (Å²) in [6.07, 6.45) is 6.25. The van der Waals surface area contributed by atoms with Crippen molar-refractivity contribution >= 4 is 0 Å². The van der Waals surface area contributed by atoms with E-state index in [1.165, 1.54) is 5.56 Å². The molecule has 0 bridgehead atoms. The molecule has 0 saturated heterocycles. The Morgan fingerprint density at radius 3 is 2.05 bits per heavy atom. The van der Waals surface area contributed by atoms with Crippen molar-refractivity contribution in [3.63, 3.8) is 0 Å². The zero-order valence-electron chi connectivity index (χ0n) is 10.7. The minimum atomic E-state index is 0.874. The molecular formula is C17H16N2+2. The highest BCUT2D eigenvalue weighted by molar-refractivity contribution is 5.14. The number of rotatable bonds is 3. The van der Waals surface area contributed by atoms with Crippen molar-refractivity contribution in [1.82, 2.24) is 0 Å². The second-order valence-corrected chi connectivity index (χ2v) is 4.46. The van der Waals surface area contributed by atoms with Gasteiger partial charge >= 0.3 is 5.82 Å².